The first-order valence-corrected chi connectivity index (χ1v) is 7.68. The maximum absolute atomic E-state index is 4.14. The molecule has 0 unspecified atom stereocenters. The van der Waals surface area contributed by atoms with Crippen LogP contribution in [0.4, 0.5) is 5.95 Å². The molecular weight excluding hydrogens is 252 g/mol. The lowest BCUT2D eigenvalue weighted by Crippen LogP contribution is -2.44. The fourth-order valence-electron chi connectivity index (χ4n) is 2.74. The summed E-state index contributed by atoms with van der Waals surface area (Å²) in [6.45, 7) is 10.1. The van der Waals surface area contributed by atoms with Crippen molar-refractivity contribution in [3.8, 4) is 0 Å². The van der Waals surface area contributed by atoms with Gasteiger partial charge in [-0.25, -0.2) is 4.68 Å². The van der Waals surface area contributed by atoms with Crippen LogP contribution in [-0.4, -0.2) is 58.4 Å². The number of likely N-dealkylation sites (tertiary alicyclic amines) is 1. The molecule has 1 saturated heterocycles. The van der Waals surface area contributed by atoms with Gasteiger partial charge in [0, 0.05) is 32.7 Å². The van der Waals surface area contributed by atoms with E-state index < -0.39 is 0 Å². The minimum atomic E-state index is 0.666. The molecule has 0 aliphatic carbocycles. The number of aryl methyl sites for hydroxylation is 1. The van der Waals surface area contributed by atoms with Crippen LogP contribution in [0.25, 0.3) is 0 Å². The first kappa shape index (κ1) is 15.3. The number of rotatable bonds is 7. The van der Waals surface area contributed by atoms with E-state index in [1.807, 2.05) is 7.05 Å². The molecule has 114 valence electrons. The van der Waals surface area contributed by atoms with Gasteiger partial charge in [-0.15, -0.1) is 0 Å². The van der Waals surface area contributed by atoms with Gasteiger partial charge in [-0.1, -0.05) is 13.8 Å². The largest absolute Gasteiger partial charge is 0.353 e. The molecule has 0 spiro atoms. The van der Waals surface area contributed by atoms with Crippen molar-refractivity contribution in [1.29, 1.82) is 0 Å². The predicted octanol–water partition coefficient (Wildman–Crippen LogP) is 0.937. The van der Waals surface area contributed by atoms with Crippen LogP contribution in [0.5, 0.6) is 0 Å². The van der Waals surface area contributed by atoms with Crippen LogP contribution in [0.3, 0.4) is 0 Å². The second kappa shape index (κ2) is 7.59. The number of anilines is 1. The van der Waals surface area contributed by atoms with Gasteiger partial charge in [0.1, 0.15) is 6.33 Å². The van der Waals surface area contributed by atoms with Crippen LogP contribution in [0, 0.1) is 5.92 Å². The normalized spacial score (nSPS) is 17.8. The molecule has 0 bridgehead atoms. The molecule has 6 heteroatoms. The molecule has 1 aliphatic rings. The fourth-order valence-corrected chi connectivity index (χ4v) is 2.74. The van der Waals surface area contributed by atoms with E-state index in [1.54, 1.807) is 11.0 Å². The van der Waals surface area contributed by atoms with E-state index in [-0.39, 0.29) is 0 Å². The van der Waals surface area contributed by atoms with Crippen LogP contribution >= 0.6 is 0 Å². The van der Waals surface area contributed by atoms with Crippen LogP contribution < -0.4 is 10.6 Å². The van der Waals surface area contributed by atoms with Gasteiger partial charge in [0.15, 0.2) is 0 Å². The van der Waals surface area contributed by atoms with Crippen LogP contribution in [0.15, 0.2) is 6.33 Å². The standard InChI is InChI=1S/C14H28N6/c1-12(2)10-20-8-4-13(5-9-20)15-6-7-16-14-17-11-18-19(14)3/h11-13,15H,4-10H2,1-3H3,(H,16,17,18). The second-order valence-corrected chi connectivity index (χ2v) is 6.06. The lowest BCUT2D eigenvalue weighted by atomic mass is 10.0. The highest BCUT2D eigenvalue weighted by atomic mass is 15.4. The predicted molar refractivity (Wildman–Crippen MR) is 81.8 cm³/mol. The Balaban J connectivity index is 1.56. The molecule has 0 radical (unpaired) electrons. The molecule has 20 heavy (non-hydrogen) atoms. The summed E-state index contributed by atoms with van der Waals surface area (Å²) in [5.41, 5.74) is 0. The summed E-state index contributed by atoms with van der Waals surface area (Å²) < 4.78 is 1.75. The molecule has 0 amide bonds. The van der Waals surface area contributed by atoms with E-state index >= 15 is 0 Å². The number of aromatic nitrogens is 3. The molecule has 0 saturated carbocycles. The molecule has 1 aromatic heterocycles. The van der Waals surface area contributed by atoms with Crippen molar-refractivity contribution in [3.63, 3.8) is 0 Å². The smallest absolute Gasteiger partial charge is 0.220 e. The molecule has 2 N–H and O–H groups in total. The zero-order valence-electron chi connectivity index (χ0n) is 13.0. The molecule has 1 aromatic rings. The third kappa shape index (κ3) is 4.76. The number of nitrogens with one attached hydrogen (secondary N) is 2. The van der Waals surface area contributed by atoms with Gasteiger partial charge in [-0.3, -0.25) is 0 Å². The van der Waals surface area contributed by atoms with E-state index in [2.05, 4.69) is 39.5 Å². The highest BCUT2D eigenvalue weighted by Gasteiger charge is 2.18. The topological polar surface area (TPSA) is 58.0 Å². The number of hydrogen-bond donors (Lipinski definition) is 2. The summed E-state index contributed by atoms with van der Waals surface area (Å²) in [6.07, 6.45) is 4.09. The highest BCUT2D eigenvalue weighted by Crippen LogP contribution is 2.11. The van der Waals surface area contributed by atoms with Gasteiger partial charge >= 0.3 is 0 Å². The van der Waals surface area contributed by atoms with Crippen molar-refractivity contribution in [2.45, 2.75) is 32.7 Å². The monoisotopic (exact) mass is 280 g/mol. The molecule has 2 heterocycles. The lowest BCUT2D eigenvalue weighted by molar-refractivity contribution is 0.181. The Morgan fingerprint density at radius 2 is 2.05 bits per heavy atom. The maximum atomic E-state index is 4.14. The van der Waals surface area contributed by atoms with Crippen molar-refractivity contribution < 1.29 is 0 Å². The van der Waals surface area contributed by atoms with Crippen LogP contribution in [-0.2, 0) is 7.05 Å². The van der Waals surface area contributed by atoms with E-state index in [0.29, 0.717) is 6.04 Å². The van der Waals surface area contributed by atoms with Crippen molar-refractivity contribution in [1.82, 2.24) is 25.0 Å². The van der Waals surface area contributed by atoms with E-state index in [9.17, 15) is 0 Å². The second-order valence-electron chi connectivity index (χ2n) is 6.06. The average Bonchev–Trinajstić information content (AvgIpc) is 2.82. The third-order valence-electron chi connectivity index (χ3n) is 3.76. The molecule has 6 nitrogen and oxygen atoms in total. The molecule has 0 aromatic carbocycles. The van der Waals surface area contributed by atoms with Crippen LogP contribution in [0.2, 0.25) is 0 Å². The van der Waals surface area contributed by atoms with E-state index in [1.165, 1.54) is 32.5 Å². The summed E-state index contributed by atoms with van der Waals surface area (Å²) in [7, 11) is 1.90. The van der Waals surface area contributed by atoms with Gasteiger partial charge in [-0.2, -0.15) is 10.1 Å². The Bertz CT molecular complexity index is 381. The first-order valence-electron chi connectivity index (χ1n) is 7.68. The Hall–Kier alpha value is -1.14. The Morgan fingerprint density at radius 1 is 1.30 bits per heavy atom. The van der Waals surface area contributed by atoms with E-state index in [4.69, 9.17) is 0 Å². The van der Waals surface area contributed by atoms with Crippen molar-refractivity contribution in [3.05, 3.63) is 6.33 Å². The summed E-state index contributed by atoms with van der Waals surface area (Å²) in [5, 5.41) is 10.9. The SMILES string of the molecule is CC(C)CN1CCC(NCCNc2ncnn2C)CC1. The average molecular weight is 280 g/mol. The number of piperidine rings is 1. The first-order chi connectivity index (χ1) is 9.65. The summed E-state index contributed by atoms with van der Waals surface area (Å²) in [4.78, 5) is 6.73. The summed E-state index contributed by atoms with van der Waals surface area (Å²) in [5.74, 6) is 1.61. The van der Waals surface area contributed by atoms with Crippen molar-refractivity contribution in [2.24, 2.45) is 13.0 Å². The van der Waals surface area contributed by atoms with Crippen molar-refractivity contribution >= 4 is 5.95 Å². The zero-order chi connectivity index (χ0) is 14.4. The van der Waals surface area contributed by atoms with Gasteiger partial charge in [0.05, 0.1) is 0 Å². The summed E-state index contributed by atoms with van der Waals surface area (Å²) >= 11 is 0. The zero-order valence-corrected chi connectivity index (χ0v) is 13.0. The third-order valence-corrected chi connectivity index (χ3v) is 3.76. The molecule has 2 rings (SSSR count). The Labute approximate surface area is 121 Å². The van der Waals surface area contributed by atoms with E-state index in [0.717, 1.165) is 25.0 Å². The molecule has 1 fully saturated rings. The number of hydrogen-bond acceptors (Lipinski definition) is 5. The lowest BCUT2D eigenvalue weighted by Gasteiger charge is -2.33. The minimum absolute atomic E-state index is 0.666. The highest BCUT2D eigenvalue weighted by molar-refractivity contribution is 5.22. The van der Waals surface area contributed by atoms with Crippen LogP contribution in [0.1, 0.15) is 26.7 Å². The molecular formula is C14H28N6. The maximum Gasteiger partial charge on any atom is 0.220 e. The van der Waals surface area contributed by atoms with Gasteiger partial charge in [-0.05, 0) is 31.8 Å². The van der Waals surface area contributed by atoms with Gasteiger partial charge in [0.2, 0.25) is 5.95 Å². The van der Waals surface area contributed by atoms with Gasteiger partial charge < -0.3 is 15.5 Å². The molecule has 1 aliphatic heterocycles. The summed E-state index contributed by atoms with van der Waals surface area (Å²) in [6, 6.07) is 0.666. The molecule has 0 atom stereocenters. The van der Waals surface area contributed by atoms with Gasteiger partial charge in [0.25, 0.3) is 0 Å². The quantitative estimate of drug-likeness (QED) is 0.728. The Kier molecular flexibility index (Phi) is 5.79. The minimum Gasteiger partial charge on any atom is -0.353 e. The van der Waals surface area contributed by atoms with Crippen molar-refractivity contribution in [2.75, 3.05) is 38.0 Å². The fraction of sp³-hybridized carbons (Fsp3) is 0.857. The number of nitrogens with zero attached hydrogens (tertiary/aromatic N) is 4. The Morgan fingerprint density at radius 3 is 2.65 bits per heavy atom.